The maximum atomic E-state index is 11.2. The molecule has 0 spiro atoms. The van der Waals surface area contributed by atoms with E-state index in [1.165, 1.54) is 6.92 Å². The summed E-state index contributed by atoms with van der Waals surface area (Å²) in [5, 5.41) is 9.93. The van der Waals surface area contributed by atoms with Crippen LogP contribution in [-0.2, 0) is 21.4 Å². The van der Waals surface area contributed by atoms with E-state index in [0.29, 0.717) is 5.56 Å². The first-order valence-corrected chi connectivity index (χ1v) is 5.44. The fourth-order valence-electron chi connectivity index (χ4n) is 1.99. The Balaban J connectivity index is 2.57. The Bertz CT molecular complexity index is 614. The van der Waals surface area contributed by atoms with Crippen molar-refractivity contribution in [3.05, 3.63) is 36.0 Å². The van der Waals surface area contributed by atoms with Crippen LogP contribution in [0.2, 0.25) is 0 Å². The molecule has 1 N–H and O–H groups in total. The van der Waals surface area contributed by atoms with Crippen LogP contribution in [0.5, 0.6) is 0 Å². The Morgan fingerprint density at radius 3 is 2.61 bits per heavy atom. The molecule has 5 nitrogen and oxygen atoms in total. The van der Waals surface area contributed by atoms with Gasteiger partial charge in [-0.15, -0.1) is 0 Å². The monoisotopic (exact) mass is 247 g/mol. The van der Waals surface area contributed by atoms with Gasteiger partial charge in [0.1, 0.15) is 0 Å². The second-order valence-corrected chi connectivity index (χ2v) is 4.04. The van der Waals surface area contributed by atoms with Gasteiger partial charge in [0.25, 0.3) is 0 Å². The van der Waals surface area contributed by atoms with Gasteiger partial charge in [-0.25, -0.2) is 4.79 Å². The van der Waals surface area contributed by atoms with Crippen LogP contribution >= 0.6 is 0 Å². The highest BCUT2D eigenvalue weighted by atomic mass is 16.6. The van der Waals surface area contributed by atoms with Crippen molar-refractivity contribution in [3.63, 3.8) is 0 Å². The molecule has 1 aromatic heterocycles. The summed E-state index contributed by atoms with van der Waals surface area (Å²) in [5.41, 5.74) is 1.38. The minimum Gasteiger partial charge on any atom is -0.478 e. The maximum Gasteiger partial charge on any atom is 0.349 e. The van der Waals surface area contributed by atoms with E-state index >= 15 is 0 Å². The van der Waals surface area contributed by atoms with Crippen LogP contribution in [0.25, 0.3) is 10.9 Å². The van der Waals surface area contributed by atoms with Crippen molar-refractivity contribution in [3.8, 4) is 0 Å². The Hall–Kier alpha value is -2.30. The quantitative estimate of drug-likeness (QED) is 0.840. The summed E-state index contributed by atoms with van der Waals surface area (Å²) in [6, 6.07) is 7.38. The van der Waals surface area contributed by atoms with Crippen molar-refractivity contribution >= 4 is 22.8 Å². The third kappa shape index (κ3) is 2.07. The number of aryl methyl sites for hydroxylation is 1. The Labute approximate surface area is 104 Å². The summed E-state index contributed by atoms with van der Waals surface area (Å²) < 4.78 is 6.68. The number of carboxylic acids is 1. The lowest BCUT2D eigenvalue weighted by atomic mass is 10.1. The molecule has 2 rings (SSSR count). The molecule has 0 amide bonds. The molecule has 2 aromatic rings. The van der Waals surface area contributed by atoms with Crippen LogP contribution in [0.15, 0.2) is 30.5 Å². The zero-order valence-corrected chi connectivity index (χ0v) is 10.1. The van der Waals surface area contributed by atoms with E-state index < -0.39 is 18.0 Å². The van der Waals surface area contributed by atoms with Crippen LogP contribution in [-0.4, -0.2) is 21.6 Å². The number of nitrogens with zero attached hydrogens (tertiary/aromatic N) is 1. The lowest BCUT2D eigenvalue weighted by Crippen LogP contribution is -2.17. The van der Waals surface area contributed by atoms with Gasteiger partial charge >= 0.3 is 11.9 Å². The van der Waals surface area contributed by atoms with Crippen molar-refractivity contribution in [2.75, 3.05) is 0 Å². The van der Waals surface area contributed by atoms with Crippen LogP contribution in [0, 0.1) is 0 Å². The smallest absolute Gasteiger partial charge is 0.349 e. The molecular formula is C13H13NO4. The normalized spacial score (nSPS) is 12.3. The van der Waals surface area contributed by atoms with E-state index in [4.69, 9.17) is 9.84 Å². The second-order valence-electron chi connectivity index (χ2n) is 4.04. The number of rotatable bonds is 3. The van der Waals surface area contributed by atoms with Gasteiger partial charge in [0.15, 0.2) is 0 Å². The van der Waals surface area contributed by atoms with Crippen molar-refractivity contribution in [1.82, 2.24) is 4.57 Å². The van der Waals surface area contributed by atoms with Crippen molar-refractivity contribution < 1.29 is 19.4 Å². The van der Waals surface area contributed by atoms with Gasteiger partial charge < -0.3 is 14.4 Å². The Kier molecular flexibility index (Phi) is 3.06. The fraction of sp³-hybridized carbons (Fsp3) is 0.231. The number of ether oxygens (including phenoxy) is 1. The van der Waals surface area contributed by atoms with Gasteiger partial charge in [-0.3, -0.25) is 4.79 Å². The average Bonchev–Trinajstić information content (AvgIpc) is 2.64. The first-order valence-electron chi connectivity index (χ1n) is 5.44. The highest BCUT2D eigenvalue weighted by molar-refractivity contribution is 5.90. The maximum absolute atomic E-state index is 11.2. The molecule has 0 saturated carbocycles. The second kappa shape index (κ2) is 4.52. The van der Waals surface area contributed by atoms with Crippen LogP contribution in [0.4, 0.5) is 0 Å². The van der Waals surface area contributed by atoms with Gasteiger partial charge in [-0.05, 0) is 6.07 Å². The SMILES string of the molecule is CC(=O)OC(C(=O)O)c1cn(C)c2ccccc12. The van der Waals surface area contributed by atoms with Gasteiger partial charge in [0.05, 0.1) is 0 Å². The Morgan fingerprint density at radius 2 is 2.00 bits per heavy atom. The van der Waals surface area contributed by atoms with Crippen molar-refractivity contribution in [1.29, 1.82) is 0 Å². The molecule has 0 radical (unpaired) electrons. The van der Waals surface area contributed by atoms with Gasteiger partial charge in [0.2, 0.25) is 6.10 Å². The molecule has 1 unspecified atom stereocenters. The predicted octanol–water partition coefficient (Wildman–Crippen LogP) is 1.87. The summed E-state index contributed by atoms with van der Waals surface area (Å²) in [4.78, 5) is 22.2. The summed E-state index contributed by atoms with van der Waals surface area (Å²) in [5.74, 6) is -1.79. The molecule has 5 heteroatoms. The zero-order valence-electron chi connectivity index (χ0n) is 10.1. The van der Waals surface area contributed by atoms with Gasteiger partial charge in [0, 0.05) is 36.6 Å². The topological polar surface area (TPSA) is 68.5 Å². The first kappa shape index (κ1) is 12.2. The number of hydrogen-bond acceptors (Lipinski definition) is 3. The molecule has 0 aliphatic carbocycles. The molecule has 0 aliphatic rings. The van der Waals surface area contributed by atoms with E-state index in [2.05, 4.69) is 0 Å². The number of carboxylic acid groups (broad SMARTS) is 1. The minimum atomic E-state index is -1.27. The number of esters is 1. The molecule has 18 heavy (non-hydrogen) atoms. The molecule has 0 saturated heterocycles. The number of fused-ring (bicyclic) bond motifs is 1. The van der Waals surface area contributed by atoms with Crippen molar-refractivity contribution in [2.45, 2.75) is 13.0 Å². The summed E-state index contributed by atoms with van der Waals surface area (Å²) in [6.07, 6.45) is 0.403. The zero-order chi connectivity index (χ0) is 13.3. The van der Waals surface area contributed by atoms with Crippen LogP contribution in [0.3, 0.4) is 0 Å². The lowest BCUT2D eigenvalue weighted by molar-refractivity contribution is -0.163. The van der Waals surface area contributed by atoms with E-state index in [0.717, 1.165) is 10.9 Å². The number of hydrogen-bond donors (Lipinski definition) is 1. The summed E-state index contributed by atoms with van der Waals surface area (Å²) in [7, 11) is 1.82. The van der Waals surface area contributed by atoms with E-state index in [1.54, 1.807) is 6.20 Å². The third-order valence-corrected chi connectivity index (χ3v) is 2.72. The molecule has 0 fully saturated rings. The third-order valence-electron chi connectivity index (χ3n) is 2.72. The summed E-state index contributed by atoms with van der Waals surface area (Å²) >= 11 is 0. The number of para-hydroxylation sites is 1. The van der Waals surface area contributed by atoms with E-state index in [-0.39, 0.29) is 0 Å². The van der Waals surface area contributed by atoms with Crippen molar-refractivity contribution in [2.24, 2.45) is 7.05 Å². The number of aromatic nitrogens is 1. The molecular weight excluding hydrogens is 234 g/mol. The largest absolute Gasteiger partial charge is 0.478 e. The fourth-order valence-corrected chi connectivity index (χ4v) is 1.99. The minimum absolute atomic E-state index is 0.482. The number of aliphatic carboxylic acids is 1. The first-order chi connectivity index (χ1) is 8.50. The Morgan fingerprint density at radius 1 is 1.33 bits per heavy atom. The van der Waals surface area contributed by atoms with E-state index in [1.807, 2.05) is 35.9 Å². The summed E-state index contributed by atoms with van der Waals surface area (Å²) in [6.45, 7) is 1.20. The highest BCUT2D eigenvalue weighted by Gasteiger charge is 2.26. The number of carbonyl (C=O) groups is 2. The molecule has 0 aliphatic heterocycles. The van der Waals surface area contributed by atoms with Crippen LogP contribution < -0.4 is 0 Å². The molecule has 1 heterocycles. The van der Waals surface area contributed by atoms with Crippen LogP contribution in [0.1, 0.15) is 18.6 Å². The molecule has 94 valence electrons. The van der Waals surface area contributed by atoms with Gasteiger partial charge in [-0.2, -0.15) is 0 Å². The molecule has 1 aromatic carbocycles. The average molecular weight is 247 g/mol. The lowest BCUT2D eigenvalue weighted by Gasteiger charge is -2.11. The standard InChI is InChI=1S/C13H13NO4/c1-8(15)18-12(13(16)17)10-7-14(2)11-6-4-3-5-9(10)11/h3-7,12H,1-2H3,(H,16,17). The molecule has 0 bridgehead atoms. The number of carbonyl (C=O) groups excluding carboxylic acids is 1. The molecule has 1 atom stereocenters. The predicted molar refractivity (Wildman–Crippen MR) is 65.1 cm³/mol. The van der Waals surface area contributed by atoms with E-state index in [9.17, 15) is 9.59 Å². The highest BCUT2D eigenvalue weighted by Crippen LogP contribution is 2.28. The number of benzene rings is 1. The van der Waals surface area contributed by atoms with Gasteiger partial charge in [-0.1, -0.05) is 18.2 Å².